The summed E-state index contributed by atoms with van der Waals surface area (Å²) in [6.45, 7) is 6.20. The van der Waals surface area contributed by atoms with E-state index >= 15 is 0 Å². The second-order valence-corrected chi connectivity index (χ2v) is 5.15. The second kappa shape index (κ2) is 6.47. The summed E-state index contributed by atoms with van der Waals surface area (Å²) in [7, 11) is 0. The number of amides is 1. The molecule has 0 saturated carbocycles. The Morgan fingerprint density at radius 3 is 2.67 bits per heavy atom. The van der Waals surface area contributed by atoms with E-state index in [-0.39, 0.29) is 11.9 Å². The Balaban J connectivity index is 1.84. The highest BCUT2D eigenvalue weighted by atomic mass is 16.5. The molecule has 2 fully saturated rings. The van der Waals surface area contributed by atoms with Gasteiger partial charge in [-0.15, -0.1) is 0 Å². The lowest BCUT2D eigenvalue weighted by atomic mass is 10.1. The lowest BCUT2D eigenvalue weighted by Crippen LogP contribution is -2.47. The maximum absolute atomic E-state index is 11.0. The molecule has 0 aromatic rings. The van der Waals surface area contributed by atoms with Gasteiger partial charge in [-0.1, -0.05) is 0 Å². The predicted molar refractivity (Wildman–Crippen MR) is 69.0 cm³/mol. The predicted octanol–water partition coefficient (Wildman–Crippen LogP) is -1.40. The van der Waals surface area contributed by atoms with Crippen LogP contribution in [-0.2, 0) is 9.53 Å². The van der Waals surface area contributed by atoms with Crippen LogP contribution in [0.15, 0.2) is 0 Å². The van der Waals surface area contributed by atoms with Gasteiger partial charge in [-0.2, -0.15) is 0 Å². The van der Waals surface area contributed by atoms with Crippen LogP contribution in [0.1, 0.15) is 12.8 Å². The van der Waals surface area contributed by atoms with Crippen molar-refractivity contribution in [2.45, 2.75) is 24.9 Å². The van der Waals surface area contributed by atoms with E-state index in [4.69, 9.17) is 16.2 Å². The van der Waals surface area contributed by atoms with E-state index in [1.807, 2.05) is 0 Å². The van der Waals surface area contributed by atoms with Gasteiger partial charge in [-0.05, 0) is 6.42 Å². The van der Waals surface area contributed by atoms with Gasteiger partial charge in [0.05, 0.1) is 13.2 Å². The number of nitrogens with two attached hydrogens (primary N) is 2. The van der Waals surface area contributed by atoms with E-state index in [1.165, 1.54) is 0 Å². The summed E-state index contributed by atoms with van der Waals surface area (Å²) in [5.41, 5.74) is 11.0. The SMILES string of the molecule is NCC(CC(N)=O)N1CCC(N2CCOCC2)C1. The van der Waals surface area contributed by atoms with E-state index in [1.54, 1.807) is 0 Å². The standard InChI is InChI=1S/C12H24N4O2/c13-8-11(7-12(14)17)16-2-1-10(9-16)15-3-5-18-6-4-15/h10-11H,1-9,13H2,(H2,14,17). The van der Waals surface area contributed by atoms with Crippen LogP contribution >= 0.6 is 0 Å². The number of carbonyl (C=O) groups excluding carboxylic acids is 1. The molecule has 2 heterocycles. The Labute approximate surface area is 108 Å². The molecule has 6 heteroatoms. The zero-order chi connectivity index (χ0) is 13.0. The van der Waals surface area contributed by atoms with Gasteiger partial charge in [0.2, 0.25) is 5.91 Å². The van der Waals surface area contributed by atoms with E-state index < -0.39 is 0 Å². The normalized spacial score (nSPS) is 28.4. The lowest BCUT2D eigenvalue weighted by Gasteiger charge is -2.33. The van der Waals surface area contributed by atoms with Crippen molar-refractivity contribution >= 4 is 5.91 Å². The first-order chi connectivity index (χ1) is 8.70. The van der Waals surface area contributed by atoms with Crippen LogP contribution < -0.4 is 11.5 Å². The average Bonchev–Trinajstić information content (AvgIpc) is 2.86. The fourth-order valence-corrected chi connectivity index (χ4v) is 2.93. The van der Waals surface area contributed by atoms with Crippen LogP contribution in [0.4, 0.5) is 0 Å². The number of hydrogen-bond acceptors (Lipinski definition) is 5. The first kappa shape index (κ1) is 13.7. The Morgan fingerprint density at radius 1 is 1.33 bits per heavy atom. The molecular weight excluding hydrogens is 232 g/mol. The van der Waals surface area contributed by atoms with Gasteiger partial charge in [0.25, 0.3) is 0 Å². The molecule has 18 heavy (non-hydrogen) atoms. The summed E-state index contributed by atoms with van der Waals surface area (Å²) in [6, 6.07) is 0.685. The van der Waals surface area contributed by atoms with Crippen molar-refractivity contribution in [1.82, 2.24) is 9.80 Å². The van der Waals surface area contributed by atoms with E-state index in [9.17, 15) is 4.79 Å². The summed E-state index contributed by atoms with van der Waals surface area (Å²) >= 11 is 0. The summed E-state index contributed by atoms with van der Waals surface area (Å²) in [4.78, 5) is 15.8. The summed E-state index contributed by atoms with van der Waals surface area (Å²) < 4.78 is 5.37. The zero-order valence-electron chi connectivity index (χ0n) is 10.9. The molecule has 0 aromatic carbocycles. The highest BCUT2D eigenvalue weighted by Crippen LogP contribution is 2.19. The molecule has 2 rings (SSSR count). The maximum atomic E-state index is 11.0. The monoisotopic (exact) mass is 256 g/mol. The summed E-state index contributed by atoms with van der Waals surface area (Å²) in [5.74, 6) is -0.264. The molecule has 2 aliphatic heterocycles. The quantitative estimate of drug-likeness (QED) is 0.632. The Bertz CT molecular complexity index is 281. The minimum absolute atomic E-state index is 0.105. The fourth-order valence-electron chi connectivity index (χ4n) is 2.93. The van der Waals surface area contributed by atoms with E-state index in [2.05, 4.69) is 9.80 Å². The Morgan fingerprint density at radius 2 is 2.06 bits per heavy atom. The van der Waals surface area contributed by atoms with Crippen molar-refractivity contribution in [3.8, 4) is 0 Å². The number of likely N-dealkylation sites (tertiary alicyclic amines) is 1. The smallest absolute Gasteiger partial charge is 0.219 e. The number of primary amides is 1. The average molecular weight is 256 g/mol. The maximum Gasteiger partial charge on any atom is 0.219 e. The number of carbonyl (C=O) groups is 1. The molecule has 1 amide bonds. The van der Waals surface area contributed by atoms with E-state index in [0.29, 0.717) is 19.0 Å². The Hall–Kier alpha value is -0.690. The molecule has 0 bridgehead atoms. The van der Waals surface area contributed by atoms with Crippen LogP contribution in [0.5, 0.6) is 0 Å². The van der Waals surface area contributed by atoms with Crippen molar-refractivity contribution in [2.24, 2.45) is 11.5 Å². The van der Waals surface area contributed by atoms with Gasteiger partial charge < -0.3 is 16.2 Å². The molecule has 2 atom stereocenters. The van der Waals surface area contributed by atoms with Crippen LogP contribution in [0.3, 0.4) is 0 Å². The summed E-state index contributed by atoms with van der Waals surface area (Å²) in [5, 5.41) is 0. The molecule has 2 saturated heterocycles. The van der Waals surface area contributed by atoms with Crippen molar-refractivity contribution in [2.75, 3.05) is 45.9 Å². The second-order valence-electron chi connectivity index (χ2n) is 5.15. The minimum atomic E-state index is -0.264. The van der Waals surface area contributed by atoms with Crippen LogP contribution in [0.25, 0.3) is 0 Å². The zero-order valence-corrected chi connectivity index (χ0v) is 10.9. The third-order valence-electron chi connectivity index (χ3n) is 3.98. The van der Waals surface area contributed by atoms with Crippen molar-refractivity contribution in [3.05, 3.63) is 0 Å². The van der Waals surface area contributed by atoms with Gasteiger partial charge in [0.1, 0.15) is 0 Å². The molecule has 0 spiro atoms. The Kier molecular flexibility index (Phi) is 4.94. The number of morpholine rings is 1. The molecule has 0 aliphatic carbocycles. The first-order valence-corrected chi connectivity index (χ1v) is 6.75. The van der Waals surface area contributed by atoms with Gasteiger partial charge in [0.15, 0.2) is 0 Å². The number of ether oxygens (including phenoxy) is 1. The number of rotatable bonds is 5. The topological polar surface area (TPSA) is 84.8 Å². The third kappa shape index (κ3) is 3.41. The van der Waals surface area contributed by atoms with Gasteiger partial charge in [-0.3, -0.25) is 14.6 Å². The van der Waals surface area contributed by atoms with Crippen molar-refractivity contribution in [3.63, 3.8) is 0 Å². The lowest BCUT2D eigenvalue weighted by molar-refractivity contribution is -0.119. The molecule has 0 aromatic heterocycles. The molecule has 2 unspecified atom stereocenters. The molecule has 2 aliphatic rings. The van der Waals surface area contributed by atoms with Crippen LogP contribution in [0.2, 0.25) is 0 Å². The van der Waals surface area contributed by atoms with Gasteiger partial charge in [-0.25, -0.2) is 0 Å². The third-order valence-corrected chi connectivity index (χ3v) is 3.98. The fraction of sp³-hybridized carbons (Fsp3) is 0.917. The largest absolute Gasteiger partial charge is 0.379 e. The van der Waals surface area contributed by atoms with Crippen molar-refractivity contribution < 1.29 is 9.53 Å². The molecule has 4 N–H and O–H groups in total. The number of nitrogens with zero attached hydrogens (tertiary/aromatic N) is 2. The summed E-state index contributed by atoms with van der Waals surface area (Å²) in [6.07, 6.45) is 1.52. The highest BCUT2D eigenvalue weighted by molar-refractivity contribution is 5.74. The number of hydrogen-bond donors (Lipinski definition) is 2. The molecule has 0 radical (unpaired) electrons. The van der Waals surface area contributed by atoms with Crippen molar-refractivity contribution in [1.29, 1.82) is 0 Å². The molecular formula is C12H24N4O2. The van der Waals surface area contributed by atoms with Crippen LogP contribution in [0, 0.1) is 0 Å². The van der Waals surface area contributed by atoms with E-state index in [0.717, 1.165) is 45.8 Å². The molecule has 104 valence electrons. The highest BCUT2D eigenvalue weighted by Gasteiger charge is 2.32. The van der Waals surface area contributed by atoms with Gasteiger partial charge in [0, 0.05) is 51.2 Å². The first-order valence-electron chi connectivity index (χ1n) is 6.75. The van der Waals surface area contributed by atoms with Gasteiger partial charge >= 0.3 is 0 Å². The molecule has 6 nitrogen and oxygen atoms in total. The van der Waals surface area contributed by atoms with Crippen LogP contribution in [-0.4, -0.2) is 73.7 Å². The minimum Gasteiger partial charge on any atom is -0.379 e.